The van der Waals surface area contributed by atoms with Gasteiger partial charge in [-0.05, 0) is 58.4 Å². The van der Waals surface area contributed by atoms with Crippen LogP contribution in [-0.4, -0.2) is 36.1 Å². The lowest BCUT2D eigenvalue weighted by molar-refractivity contribution is 0.112. The Morgan fingerprint density at radius 3 is 2.63 bits per heavy atom. The average molecular weight is 263 g/mol. The summed E-state index contributed by atoms with van der Waals surface area (Å²) in [6, 6.07) is 3.06. The van der Waals surface area contributed by atoms with E-state index in [4.69, 9.17) is 5.26 Å². The number of likely N-dealkylation sites (tertiary alicyclic amines) is 1. The van der Waals surface area contributed by atoms with Crippen molar-refractivity contribution < 1.29 is 0 Å². The summed E-state index contributed by atoms with van der Waals surface area (Å²) in [5.74, 6) is 0. The van der Waals surface area contributed by atoms with Crippen molar-refractivity contribution in [2.24, 2.45) is 5.41 Å². The van der Waals surface area contributed by atoms with Crippen LogP contribution in [-0.2, 0) is 0 Å². The Balaban J connectivity index is 1.87. The summed E-state index contributed by atoms with van der Waals surface area (Å²) in [7, 11) is 0. The third-order valence-corrected chi connectivity index (χ3v) is 4.57. The first-order valence-corrected chi connectivity index (χ1v) is 7.80. The molecule has 1 aliphatic heterocycles. The standard InChI is InChI=1S/C16H29N3/c1-15(2,3)18-12-14-6-4-5-11-19(14)13-16(7-8-16)9-10-17/h14,18H,4-9,11-13H2,1-3H3. The molecule has 1 saturated carbocycles. The second-order valence-corrected chi connectivity index (χ2v) is 7.59. The Morgan fingerprint density at radius 2 is 2.05 bits per heavy atom. The summed E-state index contributed by atoms with van der Waals surface area (Å²) in [5.41, 5.74) is 0.555. The van der Waals surface area contributed by atoms with Crippen molar-refractivity contribution in [1.82, 2.24) is 10.2 Å². The molecule has 1 aliphatic carbocycles. The smallest absolute Gasteiger partial charge is 0.0628 e. The summed E-state index contributed by atoms with van der Waals surface area (Å²) >= 11 is 0. The number of rotatable bonds is 5. The van der Waals surface area contributed by atoms with E-state index in [0.717, 1.165) is 19.5 Å². The maximum absolute atomic E-state index is 8.97. The zero-order valence-electron chi connectivity index (χ0n) is 12.8. The molecule has 0 radical (unpaired) electrons. The molecule has 3 heteroatoms. The second-order valence-electron chi connectivity index (χ2n) is 7.59. The highest BCUT2D eigenvalue weighted by atomic mass is 15.2. The molecular weight excluding hydrogens is 234 g/mol. The lowest BCUT2D eigenvalue weighted by Crippen LogP contribution is -2.51. The molecular formula is C16H29N3. The molecule has 0 aromatic rings. The molecule has 1 atom stereocenters. The molecule has 0 aromatic heterocycles. The highest BCUT2D eigenvalue weighted by Crippen LogP contribution is 2.49. The Hall–Kier alpha value is -0.590. The zero-order valence-corrected chi connectivity index (χ0v) is 12.8. The summed E-state index contributed by atoms with van der Waals surface area (Å²) < 4.78 is 0. The summed E-state index contributed by atoms with van der Waals surface area (Å²) in [5, 5.41) is 12.6. The minimum Gasteiger partial charge on any atom is -0.311 e. The zero-order chi connectivity index (χ0) is 13.9. The monoisotopic (exact) mass is 263 g/mol. The lowest BCUT2D eigenvalue weighted by atomic mass is 9.96. The van der Waals surface area contributed by atoms with Gasteiger partial charge in [-0.3, -0.25) is 4.90 Å². The molecule has 0 amide bonds. The molecule has 1 unspecified atom stereocenters. The van der Waals surface area contributed by atoms with Gasteiger partial charge in [0.1, 0.15) is 0 Å². The molecule has 1 N–H and O–H groups in total. The van der Waals surface area contributed by atoms with Crippen LogP contribution < -0.4 is 5.32 Å². The van der Waals surface area contributed by atoms with Gasteiger partial charge in [0.2, 0.25) is 0 Å². The number of hydrogen-bond acceptors (Lipinski definition) is 3. The van der Waals surface area contributed by atoms with E-state index >= 15 is 0 Å². The van der Waals surface area contributed by atoms with E-state index in [1.54, 1.807) is 0 Å². The molecule has 2 fully saturated rings. The molecule has 0 bridgehead atoms. The van der Waals surface area contributed by atoms with Gasteiger partial charge in [0, 0.05) is 31.1 Å². The maximum Gasteiger partial charge on any atom is 0.0628 e. The first-order valence-electron chi connectivity index (χ1n) is 7.80. The first-order chi connectivity index (χ1) is 8.94. The van der Waals surface area contributed by atoms with E-state index in [2.05, 4.69) is 37.1 Å². The lowest BCUT2D eigenvalue weighted by Gasteiger charge is -2.39. The first kappa shape index (κ1) is 14.8. The number of nitriles is 1. The Bertz CT molecular complexity index is 333. The van der Waals surface area contributed by atoms with Gasteiger partial charge >= 0.3 is 0 Å². The van der Waals surface area contributed by atoms with Crippen LogP contribution in [0.25, 0.3) is 0 Å². The number of piperidine rings is 1. The van der Waals surface area contributed by atoms with Crippen LogP contribution >= 0.6 is 0 Å². The van der Waals surface area contributed by atoms with Gasteiger partial charge in [-0.1, -0.05) is 6.42 Å². The SMILES string of the molecule is CC(C)(C)NCC1CCCCN1CC1(CC#N)CC1. The number of nitrogens with one attached hydrogen (secondary N) is 1. The fraction of sp³-hybridized carbons (Fsp3) is 0.938. The van der Waals surface area contributed by atoms with Crippen LogP contribution in [0, 0.1) is 16.7 Å². The Morgan fingerprint density at radius 1 is 1.32 bits per heavy atom. The van der Waals surface area contributed by atoms with Gasteiger partial charge in [0.15, 0.2) is 0 Å². The van der Waals surface area contributed by atoms with Crippen molar-refractivity contribution >= 4 is 0 Å². The largest absolute Gasteiger partial charge is 0.311 e. The predicted octanol–water partition coefficient (Wildman–Crippen LogP) is 2.92. The van der Waals surface area contributed by atoms with Gasteiger partial charge in [0.25, 0.3) is 0 Å². The van der Waals surface area contributed by atoms with E-state index < -0.39 is 0 Å². The van der Waals surface area contributed by atoms with E-state index in [1.165, 1.54) is 38.6 Å². The minimum absolute atomic E-state index is 0.201. The van der Waals surface area contributed by atoms with E-state index in [0.29, 0.717) is 11.5 Å². The second kappa shape index (κ2) is 5.81. The van der Waals surface area contributed by atoms with Crippen LogP contribution in [0.3, 0.4) is 0 Å². The number of hydrogen-bond donors (Lipinski definition) is 1. The third-order valence-electron chi connectivity index (χ3n) is 4.57. The Labute approximate surface area is 118 Å². The van der Waals surface area contributed by atoms with E-state index in [9.17, 15) is 0 Å². The molecule has 1 saturated heterocycles. The van der Waals surface area contributed by atoms with Gasteiger partial charge in [-0.25, -0.2) is 0 Å². The fourth-order valence-corrected chi connectivity index (χ4v) is 3.09. The van der Waals surface area contributed by atoms with Crippen LogP contribution in [0.2, 0.25) is 0 Å². The van der Waals surface area contributed by atoms with E-state index in [-0.39, 0.29) is 5.54 Å². The average Bonchev–Trinajstić information content (AvgIpc) is 3.07. The van der Waals surface area contributed by atoms with Gasteiger partial charge < -0.3 is 5.32 Å². The molecule has 0 aromatic carbocycles. The van der Waals surface area contributed by atoms with E-state index in [1.807, 2.05) is 0 Å². The molecule has 2 rings (SSSR count). The van der Waals surface area contributed by atoms with Crippen molar-refractivity contribution in [2.45, 2.75) is 70.9 Å². The molecule has 19 heavy (non-hydrogen) atoms. The molecule has 108 valence electrons. The van der Waals surface area contributed by atoms with Crippen molar-refractivity contribution in [3.8, 4) is 6.07 Å². The van der Waals surface area contributed by atoms with Gasteiger partial charge in [0.05, 0.1) is 6.07 Å². The summed E-state index contributed by atoms with van der Waals surface area (Å²) in [6.07, 6.45) is 7.27. The molecule has 0 spiro atoms. The van der Waals surface area contributed by atoms with Crippen LogP contribution in [0.4, 0.5) is 0 Å². The minimum atomic E-state index is 0.201. The summed E-state index contributed by atoms with van der Waals surface area (Å²) in [4.78, 5) is 2.66. The maximum atomic E-state index is 8.97. The molecule has 1 heterocycles. The van der Waals surface area contributed by atoms with Crippen LogP contribution in [0.1, 0.15) is 59.3 Å². The molecule has 2 aliphatic rings. The topological polar surface area (TPSA) is 39.1 Å². The third kappa shape index (κ3) is 4.47. The fourth-order valence-electron chi connectivity index (χ4n) is 3.09. The highest BCUT2D eigenvalue weighted by molar-refractivity contribution is 5.02. The predicted molar refractivity (Wildman–Crippen MR) is 78.9 cm³/mol. The van der Waals surface area contributed by atoms with Crippen LogP contribution in [0.15, 0.2) is 0 Å². The molecule has 3 nitrogen and oxygen atoms in total. The summed E-state index contributed by atoms with van der Waals surface area (Å²) in [6.45, 7) is 10.2. The van der Waals surface area contributed by atoms with Crippen molar-refractivity contribution in [1.29, 1.82) is 5.26 Å². The van der Waals surface area contributed by atoms with Crippen LogP contribution in [0.5, 0.6) is 0 Å². The van der Waals surface area contributed by atoms with Gasteiger partial charge in [-0.2, -0.15) is 5.26 Å². The number of nitrogens with zero attached hydrogens (tertiary/aromatic N) is 2. The van der Waals surface area contributed by atoms with Crippen molar-refractivity contribution in [2.75, 3.05) is 19.6 Å². The van der Waals surface area contributed by atoms with Crippen molar-refractivity contribution in [3.05, 3.63) is 0 Å². The quantitative estimate of drug-likeness (QED) is 0.829. The highest BCUT2D eigenvalue weighted by Gasteiger charge is 2.44. The Kier molecular flexibility index (Phi) is 4.53. The van der Waals surface area contributed by atoms with Crippen molar-refractivity contribution in [3.63, 3.8) is 0 Å². The normalized spacial score (nSPS) is 26.9. The van der Waals surface area contributed by atoms with Gasteiger partial charge in [-0.15, -0.1) is 0 Å².